The van der Waals surface area contributed by atoms with Crippen molar-refractivity contribution >= 4 is 21.4 Å². The highest BCUT2D eigenvalue weighted by molar-refractivity contribution is 7.91. The second-order valence-electron chi connectivity index (χ2n) is 6.78. The summed E-state index contributed by atoms with van der Waals surface area (Å²) >= 11 is 0. The van der Waals surface area contributed by atoms with Crippen LogP contribution in [0.5, 0.6) is 5.75 Å². The average Bonchev–Trinajstić information content (AvgIpc) is 2.94. The van der Waals surface area contributed by atoms with Crippen molar-refractivity contribution in [2.24, 2.45) is 0 Å². The molecule has 25 heavy (non-hydrogen) atoms. The number of methoxy groups -OCH3 is 1. The number of sulfone groups is 1. The van der Waals surface area contributed by atoms with Crippen LogP contribution in [-0.2, 0) is 14.6 Å². The average molecular weight is 368 g/mol. The first kappa shape index (κ1) is 18.0. The Morgan fingerprint density at radius 1 is 1.28 bits per heavy atom. The van der Waals surface area contributed by atoms with Crippen molar-refractivity contribution < 1.29 is 22.8 Å². The van der Waals surface area contributed by atoms with Gasteiger partial charge in [0.2, 0.25) is 0 Å². The number of ether oxygens (including phenoxy) is 1. The van der Waals surface area contributed by atoms with Crippen LogP contribution in [0.25, 0.3) is 0 Å². The van der Waals surface area contributed by atoms with E-state index in [0.717, 1.165) is 31.9 Å². The number of hydrogen-bond acceptors (Lipinski definition) is 5. The van der Waals surface area contributed by atoms with Gasteiger partial charge in [-0.15, -0.1) is 0 Å². The molecule has 1 atom stereocenters. The van der Waals surface area contributed by atoms with Crippen LogP contribution in [-0.4, -0.2) is 71.7 Å². The summed E-state index contributed by atoms with van der Waals surface area (Å²) in [6, 6.07) is 7.81. The van der Waals surface area contributed by atoms with Gasteiger partial charge in [-0.05, 0) is 30.7 Å². The van der Waals surface area contributed by atoms with E-state index < -0.39 is 9.84 Å². The van der Waals surface area contributed by atoms with Crippen LogP contribution in [0.2, 0.25) is 0 Å². The van der Waals surface area contributed by atoms with E-state index in [1.165, 1.54) is 10.6 Å². The van der Waals surface area contributed by atoms with E-state index in [0.29, 0.717) is 13.0 Å². The molecule has 8 heteroatoms. The summed E-state index contributed by atoms with van der Waals surface area (Å²) in [5, 5.41) is 2.87. The fourth-order valence-electron chi connectivity index (χ4n) is 3.47. The zero-order valence-corrected chi connectivity index (χ0v) is 15.3. The number of carbonyl (C=O) groups is 1. The zero-order valence-electron chi connectivity index (χ0n) is 14.5. The summed E-state index contributed by atoms with van der Waals surface area (Å²) in [4.78, 5) is 15.7. The van der Waals surface area contributed by atoms with E-state index in [1.54, 1.807) is 7.11 Å². The van der Waals surface area contributed by atoms with Crippen LogP contribution in [0.4, 0.5) is 5.69 Å². The molecule has 0 radical (unpaired) electrons. The molecule has 7 nitrogen and oxygen atoms in total. The van der Waals surface area contributed by atoms with Crippen molar-refractivity contribution in [2.75, 3.05) is 56.2 Å². The maximum atomic E-state index is 12.1. The molecule has 3 rings (SSSR count). The van der Waals surface area contributed by atoms with Crippen molar-refractivity contribution in [3.63, 3.8) is 0 Å². The molecule has 2 aliphatic rings. The molecule has 0 spiro atoms. The van der Waals surface area contributed by atoms with Crippen molar-refractivity contribution in [3.8, 4) is 5.75 Å². The number of nitrogens with one attached hydrogen (secondary N) is 2. The van der Waals surface area contributed by atoms with Gasteiger partial charge in [-0.25, -0.2) is 8.42 Å². The smallest absolute Gasteiger partial charge is 0.275 e. The highest BCUT2D eigenvalue weighted by atomic mass is 32.2. The van der Waals surface area contributed by atoms with Gasteiger partial charge in [0.05, 0.1) is 44.8 Å². The number of rotatable bonds is 5. The Labute approximate surface area is 148 Å². The molecule has 1 aromatic rings. The minimum atomic E-state index is -2.95. The normalized spacial score (nSPS) is 23.4. The Hall–Kier alpha value is -1.80. The van der Waals surface area contributed by atoms with E-state index >= 15 is 0 Å². The minimum absolute atomic E-state index is 0.0463. The fraction of sp³-hybridized carbons (Fsp3) is 0.588. The third-order valence-corrected chi connectivity index (χ3v) is 6.68. The summed E-state index contributed by atoms with van der Waals surface area (Å²) in [6.07, 6.45) is 0.536. The molecule has 0 unspecified atom stereocenters. The highest BCUT2D eigenvalue weighted by Gasteiger charge is 2.30. The lowest BCUT2D eigenvalue weighted by Crippen LogP contribution is -3.16. The summed E-state index contributed by atoms with van der Waals surface area (Å²) in [5.74, 6) is 1.07. The predicted octanol–water partition coefficient (Wildman–Crippen LogP) is -1.30. The van der Waals surface area contributed by atoms with Crippen molar-refractivity contribution in [1.82, 2.24) is 5.32 Å². The fourth-order valence-corrected chi connectivity index (χ4v) is 5.14. The quantitative estimate of drug-likeness (QED) is 0.676. The van der Waals surface area contributed by atoms with Crippen LogP contribution in [0.1, 0.15) is 6.42 Å². The molecule has 2 fully saturated rings. The third-order valence-electron chi connectivity index (χ3n) is 4.92. The zero-order chi connectivity index (χ0) is 17.9. The van der Waals surface area contributed by atoms with Gasteiger partial charge in [0, 0.05) is 11.7 Å². The molecule has 1 amide bonds. The Morgan fingerprint density at radius 3 is 2.52 bits per heavy atom. The number of hydrogen-bond donors (Lipinski definition) is 2. The molecule has 2 saturated heterocycles. The molecule has 0 saturated carbocycles. The summed E-state index contributed by atoms with van der Waals surface area (Å²) < 4.78 is 28.1. The molecular weight excluding hydrogens is 342 g/mol. The van der Waals surface area contributed by atoms with Gasteiger partial charge in [0.25, 0.3) is 5.91 Å². The van der Waals surface area contributed by atoms with Crippen LogP contribution < -0.4 is 19.9 Å². The molecule has 0 aromatic heterocycles. The topological polar surface area (TPSA) is 80.2 Å². The molecule has 1 aromatic carbocycles. The Bertz CT molecular complexity index is 697. The van der Waals surface area contributed by atoms with Gasteiger partial charge in [-0.1, -0.05) is 0 Å². The van der Waals surface area contributed by atoms with Gasteiger partial charge < -0.3 is 19.9 Å². The van der Waals surface area contributed by atoms with Crippen LogP contribution in [0.3, 0.4) is 0 Å². The van der Waals surface area contributed by atoms with Crippen LogP contribution in [0, 0.1) is 0 Å². The van der Waals surface area contributed by atoms with Gasteiger partial charge in [0.1, 0.15) is 5.75 Å². The molecule has 2 N–H and O–H groups in total. The number of piperazine rings is 1. The number of amides is 1. The summed E-state index contributed by atoms with van der Waals surface area (Å²) in [7, 11) is -1.30. The van der Waals surface area contributed by atoms with E-state index in [-0.39, 0.29) is 23.5 Å². The van der Waals surface area contributed by atoms with E-state index in [2.05, 4.69) is 22.3 Å². The summed E-state index contributed by atoms with van der Waals surface area (Å²) in [5.41, 5.74) is 1.17. The second-order valence-corrected chi connectivity index (χ2v) is 9.01. The standard InChI is InChI=1S/C17H25N3O4S/c1-24-16-4-2-15(3-5-16)20-9-7-19(8-10-20)12-17(21)18-14-6-11-25(22,23)13-14/h2-5,14H,6-13H2,1H3,(H,18,21)/p+1/t14-/m0/s1. The second kappa shape index (κ2) is 7.61. The predicted molar refractivity (Wildman–Crippen MR) is 96.0 cm³/mol. The lowest BCUT2D eigenvalue weighted by Gasteiger charge is -2.33. The molecule has 2 heterocycles. The number of quaternary nitrogens is 1. The van der Waals surface area contributed by atoms with Crippen LogP contribution >= 0.6 is 0 Å². The molecule has 2 aliphatic heterocycles. The molecule has 0 aliphatic carbocycles. The third kappa shape index (κ3) is 4.85. The van der Waals surface area contributed by atoms with Gasteiger partial charge >= 0.3 is 0 Å². The Kier molecular flexibility index (Phi) is 5.48. The largest absolute Gasteiger partial charge is 0.497 e. The monoisotopic (exact) mass is 368 g/mol. The first-order valence-corrected chi connectivity index (χ1v) is 10.5. The maximum absolute atomic E-state index is 12.1. The Morgan fingerprint density at radius 2 is 1.96 bits per heavy atom. The Balaban J connectivity index is 1.43. The first-order valence-electron chi connectivity index (χ1n) is 8.67. The number of carbonyl (C=O) groups excluding carboxylic acids is 1. The van der Waals surface area contributed by atoms with E-state index in [1.807, 2.05) is 12.1 Å². The van der Waals surface area contributed by atoms with E-state index in [4.69, 9.17) is 4.74 Å². The molecule has 0 bridgehead atoms. The number of nitrogens with zero attached hydrogens (tertiary/aromatic N) is 1. The lowest BCUT2D eigenvalue weighted by atomic mass is 10.2. The number of anilines is 1. The summed E-state index contributed by atoms with van der Waals surface area (Å²) in [6.45, 7) is 3.98. The SMILES string of the molecule is COc1ccc(N2CC[NH+](CC(=O)N[C@H]3CCS(=O)(=O)C3)CC2)cc1. The first-order chi connectivity index (χ1) is 11.9. The van der Waals surface area contributed by atoms with Crippen molar-refractivity contribution in [2.45, 2.75) is 12.5 Å². The minimum Gasteiger partial charge on any atom is -0.497 e. The molecule has 138 valence electrons. The maximum Gasteiger partial charge on any atom is 0.275 e. The lowest BCUT2D eigenvalue weighted by molar-refractivity contribution is -0.892. The highest BCUT2D eigenvalue weighted by Crippen LogP contribution is 2.18. The van der Waals surface area contributed by atoms with Gasteiger partial charge in [-0.2, -0.15) is 0 Å². The number of benzene rings is 1. The van der Waals surface area contributed by atoms with Crippen LogP contribution in [0.15, 0.2) is 24.3 Å². The van der Waals surface area contributed by atoms with E-state index in [9.17, 15) is 13.2 Å². The molecular formula is C17H26N3O4S+. The van der Waals surface area contributed by atoms with Crippen molar-refractivity contribution in [3.05, 3.63) is 24.3 Å². The van der Waals surface area contributed by atoms with Gasteiger partial charge in [-0.3, -0.25) is 4.79 Å². The van der Waals surface area contributed by atoms with Crippen molar-refractivity contribution in [1.29, 1.82) is 0 Å². The van der Waals surface area contributed by atoms with Gasteiger partial charge in [0.15, 0.2) is 16.4 Å².